The molecule has 0 aromatic heterocycles. The summed E-state index contributed by atoms with van der Waals surface area (Å²) in [6.07, 6.45) is 5.36. The van der Waals surface area contributed by atoms with E-state index in [9.17, 15) is 13.5 Å². The molecule has 2 heterocycles. The van der Waals surface area contributed by atoms with Gasteiger partial charge in [0.15, 0.2) is 0 Å². The average Bonchev–Trinajstić information content (AvgIpc) is 3.23. The van der Waals surface area contributed by atoms with E-state index in [0.717, 1.165) is 36.9 Å². The lowest BCUT2D eigenvalue weighted by atomic mass is 10.0. The minimum atomic E-state index is -3.51. The second kappa shape index (κ2) is 9.82. The van der Waals surface area contributed by atoms with E-state index < -0.39 is 10.0 Å². The fourth-order valence-corrected chi connectivity index (χ4v) is 6.38. The van der Waals surface area contributed by atoms with Crippen LogP contribution in [0.5, 0.6) is 0 Å². The number of nitrogens with zero attached hydrogens (tertiary/aromatic N) is 2. The Morgan fingerprint density at radius 3 is 2.19 bits per heavy atom. The van der Waals surface area contributed by atoms with Crippen LogP contribution in [0, 0.1) is 5.92 Å². The minimum Gasteiger partial charge on any atom is -0.396 e. The van der Waals surface area contributed by atoms with E-state index in [1.807, 2.05) is 12.1 Å². The van der Waals surface area contributed by atoms with Gasteiger partial charge in [0.2, 0.25) is 10.0 Å². The number of benzene rings is 2. The van der Waals surface area contributed by atoms with Crippen LogP contribution in [0.1, 0.15) is 38.2 Å². The first kappa shape index (κ1) is 22.5. The van der Waals surface area contributed by atoms with Crippen molar-refractivity contribution >= 4 is 10.0 Å². The summed E-state index contributed by atoms with van der Waals surface area (Å²) in [6, 6.07) is 16.5. The summed E-state index contributed by atoms with van der Waals surface area (Å²) in [4.78, 5) is 2.89. The normalized spacial score (nSPS) is 23.3. The van der Waals surface area contributed by atoms with Crippen LogP contribution in [-0.2, 0) is 16.4 Å². The van der Waals surface area contributed by atoms with Gasteiger partial charge in [-0.15, -0.1) is 0 Å². The molecule has 1 N–H and O–H groups in total. The van der Waals surface area contributed by atoms with Crippen LogP contribution >= 0.6 is 0 Å². The number of aliphatic hydroxyl groups is 1. The zero-order chi connectivity index (χ0) is 21.8. The highest BCUT2D eigenvalue weighted by Crippen LogP contribution is 2.26. The van der Waals surface area contributed by atoms with Crippen molar-refractivity contribution < 1.29 is 13.5 Å². The summed E-state index contributed by atoms with van der Waals surface area (Å²) in [5, 5.41) is 9.40. The Kier molecular flexibility index (Phi) is 7.12. The maximum atomic E-state index is 13.0. The van der Waals surface area contributed by atoms with E-state index in [4.69, 9.17) is 0 Å². The van der Waals surface area contributed by atoms with Gasteiger partial charge in [-0.3, -0.25) is 0 Å². The predicted molar refractivity (Wildman–Crippen MR) is 124 cm³/mol. The summed E-state index contributed by atoms with van der Waals surface area (Å²) >= 11 is 0. The molecule has 2 saturated heterocycles. The second-order valence-electron chi connectivity index (χ2n) is 9.05. The second-order valence-corrected chi connectivity index (χ2v) is 11.0. The van der Waals surface area contributed by atoms with Gasteiger partial charge in [0.1, 0.15) is 0 Å². The smallest absolute Gasteiger partial charge is 0.243 e. The monoisotopic (exact) mass is 442 g/mol. The quantitative estimate of drug-likeness (QED) is 0.709. The fraction of sp³-hybridized carbons (Fsp3) is 0.520. The molecule has 2 fully saturated rings. The number of hydrogen-bond acceptors (Lipinski definition) is 4. The molecule has 0 bridgehead atoms. The summed E-state index contributed by atoms with van der Waals surface area (Å²) < 4.78 is 27.5. The van der Waals surface area contributed by atoms with E-state index in [2.05, 4.69) is 36.1 Å². The lowest BCUT2D eigenvalue weighted by Gasteiger charge is -2.31. The molecule has 2 aromatic carbocycles. The molecule has 0 amide bonds. The predicted octanol–water partition coefficient (Wildman–Crippen LogP) is 3.77. The fourth-order valence-electron chi connectivity index (χ4n) is 4.82. The van der Waals surface area contributed by atoms with Gasteiger partial charge < -0.3 is 10.0 Å². The lowest BCUT2D eigenvalue weighted by molar-refractivity contribution is 0.165. The van der Waals surface area contributed by atoms with Crippen LogP contribution in [0.25, 0.3) is 11.1 Å². The van der Waals surface area contributed by atoms with Crippen molar-refractivity contribution in [2.24, 2.45) is 5.92 Å². The van der Waals surface area contributed by atoms with Gasteiger partial charge in [0, 0.05) is 32.3 Å². The standard InChI is InChI=1S/C25H34N2O3S/c1-20-4-2-15-26(20)17-14-21-6-8-23(9-7-21)24-10-12-25(13-11-24)31(29,30)27-16-3-5-22(18-27)19-28/h6-13,20,22,28H,2-5,14-19H2,1H3. The number of likely N-dealkylation sites (tertiary alicyclic amines) is 1. The van der Waals surface area contributed by atoms with Gasteiger partial charge in [-0.25, -0.2) is 8.42 Å². The molecular weight excluding hydrogens is 408 g/mol. The van der Waals surface area contributed by atoms with Crippen LogP contribution in [0.15, 0.2) is 53.4 Å². The third-order valence-corrected chi connectivity index (χ3v) is 8.78. The molecule has 0 spiro atoms. The molecule has 0 radical (unpaired) electrons. The summed E-state index contributed by atoms with van der Waals surface area (Å²) in [5.74, 6) is 0.0370. The summed E-state index contributed by atoms with van der Waals surface area (Å²) in [5.41, 5.74) is 3.46. The molecule has 0 aliphatic carbocycles. The van der Waals surface area contributed by atoms with E-state index in [-0.39, 0.29) is 12.5 Å². The first-order valence-corrected chi connectivity index (χ1v) is 13.0. The minimum absolute atomic E-state index is 0.0370. The van der Waals surface area contributed by atoms with Crippen LogP contribution in [0.4, 0.5) is 0 Å². The van der Waals surface area contributed by atoms with Crippen LogP contribution < -0.4 is 0 Å². The zero-order valence-corrected chi connectivity index (χ0v) is 19.2. The molecule has 0 saturated carbocycles. The lowest BCUT2D eigenvalue weighted by Crippen LogP contribution is -2.40. The van der Waals surface area contributed by atoms with Crippen molar-refractivity contribution in [3.8, 4) is 11.1 Å². The van der Waals surface area contributed by atoms with Gasteiger partial charge in [0.05, 0.1) is 4.90 Å². The van der Waals surface area contributed by atoms with E-state index in [1.165, 1.54) is 29.3 Å². The molecule has 168 valence electrons. The van der Waals surface area contributed by atoms with E-state index in [1.54, 1.807) is 12.1 Å². The Labute approximate surface area is 186 Å². The Morgan fingerprint density at radius 2 is 1.58 bits per heavy atom. The maximum absolute atomic E-state index is 13.0. The first-order valence-electron chi connectivity index (χ1n) is 11.5. The number of sulfonamides is 1. The molecule has 2 aromatic rings. The van der Waals surface area contributed by atoms with Crippen molar-refractivity contribution in [1.82, 2.24) is 9.21 Å². The Hall–Kier alpha value is -1.73. The third kappa shape index (κ3) is 5.20. The van der Waals surface area contributed by atoms with Crippen molar-refractivity contribution in [3.63, 3.8) is 0 Å². The maximum Gasteiger partial charge on any atom is 0.243 e. The molecule has 5 nitrogen and oxygen atoms in total. The average molecular weight is 443 g/mol. The molecule has 2 aliphatic heterocycles. The largest absolute Gasteiger partial charge is 0.396 e. The van der Waals surface area contributed by atoms with Gasteiger partial charge >= 0.3 is 0 Å². The molecule has 2 aliphatic rings. The van der Waals surface area contributed by atoms with E-state index in [0.29, 0.717) is 24.0 Å². The number of aliphatic hydroxyl groups excluding tert-OH is 1. The molecule has 4 rings (SSSR count). The van der Waals surface area contributed by atoms with Crippen molar-refractivity contribution in [2.45, 2.75) is 50.0 Å². The van der Waals surface area contributed by atoms with E-state index >= 15 is 0 Å². The molecule has 2 atom stereocenters. The van der Waals surface area contributed by atoms with Crippen LogP contribution in [0.3, 0.4) is 0 Å². The van der Waals surface area contributed by atoms with Crippen molar-refractivity contribution in [3.05, 3.63) is 54.1 Å². The molecule has 31 heavy (non-hydrogen) atoms. The molecule has 6 heteroatoms. The number of piperidine rings is 1. The van der Waals surface area contributed by atoms with Gasteiger partial charge in [-0.1, -0.05) is 36.4 Å². The van der Waals surface area contributed by atoms with Gasteiger partial charge in [-0.05, 0) is 80.3 Å². The first-order chi connectivity index (χ1) is 15.0. The van der Waals surface area contributed by atoms with Crippen LogP contribution in [-0.4, -0.2) is 61.6 Å². The van der Waals surface area contributed by atoms with Crippen LogP contribution in [0.2, 0.25) is 0 Å². The topological polar surface area (TPSA) is 60.9 Å². The summed E-state index contributed by atoms with van der Waals surface area (Å²) in [6.45, 7) is 5.61. The highest BCUT2D eigenvalue weighted by atomic mass is 32.2. The molecule has 2 unspecified atom stereocenters. The highest BCUT2D eigenvalue weighted by molar-refractivity contribution is 7.89. The summed E-state index contributed by atoms with van der Waals surface area (Å²) in [7, 11) is -3.51. The Balaban J connectivity index is 1.40. The van der Waals surface area contributed by atoms with Gasteiger partial charge in [0.25, 0.3) is 0 Å². The zero-order valence-electron chi connectivity index (χ0n) is 18.4. The number of rotatable bonds is 7. The Morgan fingerprint density at radius 1 is 0.935 bits per heavy atom. The van der Waals surface area contributed by atoms with Gasteiger partial charge in [-0.2, -0.15) is 4.31 Å². The number of hydrogen-bond donors (Lipinski definition) is 1. The highest BCUT2D eigenvalue weighted by Gasteiger charge is 2.29. The Bertz CT molecular complexity index is 957. The molecular formula is C25H34N2O3S. The van der Waals surface area contributed by atoms with Crippen molar-refractivity contribution in [1.29, 1.82) is 0 Å². The van der Waals surface area contributed by atoms with Crippen molar-refractivity contribution in [2.75, 3.05) is 32.8 Å². The third-order valence-electron chi connectivity index (χ3n) is 6.90. The SMILES string of the molecule is CC1CCCN1CCc1ccc(-c2ccc(S(=O)(=O)N3CCCC(CO)C3)cc2)cc1.